The number of rotatable bonds is 4. The van der Waals surface area contributed by atoms with Gasteiger partial charge in [-0.05, 0) is 24.8 Å². The fraction of sp³-hybridized carbons (Fsp3) is 0.500. The van der Waals surface area contributed by atoms with Gasteiger partial charge in [-0.1, -0.05) is 0 Å². The van der Waals surface area contributed by atoms with Crippen molar-refractivity contribution in [1.29, 1.82) is 0 Å². The van der Waals surface area contributed by atoms with E-state index in [2.05, 4.69) is 0 Å². The van der Waals surface area contributed by atoms with Crippen LogP contribution >= 0.6 is 11.8 Å². The van der Waals surface area contributed by atoms with Crippen molar-refractivity contribution < 1.29 is 24.0 Å². The highest BCUT2D eigenvalue weighted by Crippen LogP contribution is 2.46. The van der Waals surface area contributed by atoms with E-state index >= 15 is 0 Å². The van der Waals surface area contributed by atoms with Crippen LogP contribution in [0.15, 0.2) is 16.5 Å². The molecule has 21 heavy (non-hydrogen) atoms. The Morgan fingerprint density at radius 1 is 1.43 bits per heavy atom. The first kappa shape index (κ1) is 13.9. The normalized spacial score (nSPS) is 25.0. The summed E-state index contributed by atoms with van der Waals surface area (Å²) in [4.78, 5) is 34.9. The molecule has 1 aromatic rings. The van der Waals surface area contributed by atoms with E-state index in [1.807, 2.05) is 0 Å². The van der Waals surface area contributed by atoms with Crippen LogP contribution in [0.4, 0.5) is 5.88 Å². The number of nitrogens with zero attached hydrogens (tertiary/aromatic N) is 2. The minimum atomic E-state index is -1.07. The fourth-order valence-electron chi connectivity index (χ4n) is 2.39. The summed E-state index contributed by atoms with van der Waals surface area (Å²) in [7, 11) is 0. The molecule has 2 fully saturated rings. The molecule has 3 rings (SSSR count). The molecule has 1 saturated heterocycles. The molecule has 0 bridgehead atoms. The largest absolute Gasteiger partial charge is 0.480 e. The molecule has 0 spiro atoms. The van der Waals surface area contributed by atoms with Crippen molar-refractivity contribution in [2.45, 2.75) is 24.3 Å². The zero-order valence-electron chi connectivity index (χ0n) is 10.8. The van der Waals surface area contributed by atoms with Crippen LogP contribution in [0.25, 0.3) is 0 Å². The number of carbonyl (C=O) groups excluding carboxylic acids is 1. The van der Waals surface area contributed by atoms with Gasteiger partial charge < -0.3 is 14.4 Å². The summed E-state index contributed by atoms with van der Waals surface area (Å²) in [5.74, 6) is -1.77. The Hall–Kier alpha value is -2.03. The smallest absolute Gasteiger partial charge is 0.433 e. The van der Waals surface area contributed by atoms with Crippen molar-refractivity contribution in [2.75, 3.05) is 5.75 Å². The van der Waals surface area contributed by atoms with Gasteiger partial charge in [-0.3, -0.25) is 14.9 Å². The third-order valence-corrected chi connectivity index (χ3v) is 5.02. The first-order valence-electron chi connectivity index (χ1n) is 6.40. The number of amides is 1. The molecule has 8 nitrogen and oxygen atoms in total. The first-order chi connectivity index (χ1) is 9.99. The number of aliphatic carboxylic acids is 1. The molecule has 2 aliphatic rings. The van der Waals surface area contributed by atoms with E-state index in [-0.39, 0.29) is 11.1 Å². The molecular weight excluding hydrogens is 300 g/mol. The molecule has 0 aromatic carbocycles. The Morgan fingerprint density at radius 2 is 2.14 bits per heavy atom. The SMILES string of the molecule is O=C(O)C1CSC(C2CC2)N1C(=O)c1ccc([N+](=O)[O-])o1. The predicted octanol–water partition coefficient (Wildman–Crippen LogP) is 1.57. The van der Waals surface area contributed by atoms with Crippen molar-refractivity contribution in [2.24, 2.45) is 5.92 Å². The Bertz CT molecular complexity index is 611. The van der Waals surface area contributed by atoms with E-state index in [0.717, 1.165) is 18.9 Å². The number of furan rings is 1. The van der Waals surface area contributed by atoms with Crippen molar-refractivity contribution in [3.05, 3.63) is 28.0 Å². The third kappa shape index (κ3) is 2.48. The molecule has 1 aliphatic carbocycles. The molecule has 2 heterocycles. The lowest BCUT2D eigenvalue weighted by atomic mass is 10.2. The number of carboxylic acid groups (broad SMARTS) is 1. The van der Waals surface area contributed by atoms with Crippen LogP contribution < -0.4 is 0 Å². The van der Waals surface area contributed by atoms with Gasteiger partial charge in [0.1, 0.15) is 11.0 Å². The van der Waals surface area contributed by atoms with Crippen molar-refractivity contribution in [3.63, 3.8) is 0 Å². The second kappa shape index (κ2) is 5.06. The lowest BCUT2D eigenvalue weighted by Crippen LogP contribution is -2.46. The van der Waals surface area contributed by atoms with E-state index in [0.29, 0.717) is 11.7 Å². The summed E-state index contributed by atoms with van der Waals surface area (Å²) in [5.41, 5.74) is 0. The van der Waals surface area contributed by atoms with Gasteiger partial charge in [0.15, 0.2) is 5.76 Å². The maximum atomic E-state index is 12.5. The van der Waals surface area contributed by atoms with E-state index in [4.69, 9.17) is 4.42 Å². The lowest BCUT2D eigenvalue weighted by Gasteiger charge is -2.26. The van der Waals surface area contributed by atoms with Gasteiger partial charge in [0.25, 0.3) is 5.91 Å². The van der Waals surface area contributed by atoms with Crippen molar-refractivity contribution in [3.8, 4) is 0 Å². The average molecular weight is 312 g/mol. The molecule has 2 unspecified atom stereocenters. The number of thioether (sulfide) groups is 1. The maximum Gasteiger partial charge on any atom is 0.433 e. The Balaban J connectivity index is 1.88. The van der Waals surface area contributed by atoms with E-state index < -0.39 is 28.7 Å². The van der Waals surface area contributed by atoms with Crippen molar-refractivity contribution >= 4 is 29.5 Å². The zero-order valence-corrected chi connectivity index (χ0v) is 11.6. The molecule has 1 aliphatic heterocycles. The van der Waals surface area contributed by atoms with Gasteiger partial charge in [0, 0.05) is 5.75 Å². The Kier molecular flexibility index (Phi) is 3.36. The van der Waals surface area contributed by atoms with Crippen LogP contribution in [0.2, 0.25) is 0 Å². The number of hydrogen-bond acceptors (Lipinski definition) is 6. The highest BCUT2D eigenvalue weighted by molar-refractivity contribution is 8.00. The summed E-state index contributed by atoms with van der Waals surface area (Å²) < 4.78 is 4.90. The number of carbonyl (C=O) groups is 2. The molecule has 1 aromatic heterocycles. The number of hydrogen-bond donors (Lipinski definition) is 1. The minimum Gasteiger partial charge on any atom is -0.480 e. The molecular formula is C12H12N2O6S. The van der Waals surface area contributed by atoms with Gasteiger partial charge in [-0.2, -0.15) is 0 Å². The van der Waals surface area contributed by atoms with Gasteiger partial charge >= 0.3 is 11.9 Å². The second-order valence-electron chi connectivity index (χ2n) is 5.02. The van der Waals surface area contributed by atoms with Crippen LogP contribution in [0.1, 0.15) is 23.4 Å². The summed E-state index contributed by atoms with van der Waals surface area (Å²) in [6.45, 7) is 0. The monoisotopic (exact) mass is 312 g/mol. The summed E-state index contributed by atoms with van der Waals surface area (Å²) in [6.07, 6.45) is 1.93. The highest BCUT2D eigenvalue weighted by atomic mass is 32.2. The fourth-order valence-corrected chi connectivity index (χ4v) is 4.02. The zero-order chi connectivity index (χ0) is 15.1. The number of nitro groups is 1. The Labute approximate surface area is 123 Å². The van der Waals surface area contributed by atoms with Crippen LogP contribution in [-0.4, -0.2) is 44.0 Å². The lowest BCUT2D eigenvalue weighted by molar-refractivity contribution is -0.402. The molecule has 0 radical (unpaired) electrons. The topological polar surface area (TPSA) is 114 Å². The van der Waals surface area contributed by atoms with E-state index in [1.165, 1.54) is 22.7 Å². The van der Waals surface area contributed by atoms with Crippen molar-refractivity contribution in [1.82, 2.24) is 4.90 Å². The molecule has 2 atom stereocenters. The summed E-state index contributed by atoms with van der Waals surface area (Å²) in [6, 6.07) is 1.39. The van der Waals surface area contributed by atoms with Crippen LogP contribution in [0.5, 0.6) is 0 Å². The van der Waals surface area contributed by atoms with Crippen LogP contribution in [-0.2, 0) is 4.79 Å². The predicted molar refractivity (Wildman–Crippen MR) is 71.9 cm³/mol. The molecule has 1 saturated carbocycles. The third-order valence-electron chi connectivity index (χ3n) is 3.56. The minimum absolute atomic E-state index is 0.192. The van der Waals surface area contributed by atoms with Gasteiger partial charge in [-0.15, -0.1) is 11.8 Å². The van der Waals surface area contributed by atoms with Gasteiger partial charge in [0.2, 0.25) is 0 Å². The van der Waals surface area contributed by atoms with Gasteiger partial charge in [0.05, 0.1) is 11.4 Å². The molecule has 9 heteroatoms. The molecule has 1 amide bonds. The summed E-state index contributed by atoms with van der Waals surface area (Å²) in [5, 5.41) is 19.7. The second-order valence-corrected chi connectivity index (χ2v) is 6.17. The quantitative estimate of drug-likeness (QED) is 0.663. The van der Waals surface area contributed by atoms with Gasteiger partial charge in [-0.25, -0.2) is 4.79 Å². The van der Waals surface area contributed by atoms with E-state index in [9.17, 15) is 24.8 Å². The molecule has 112 valence electrons. The number of carboxylic acids is 1. The standard InChI is InChI=1S/C12H12N2O6S/c15-10(8-3-4-9(20-8)14(18)19)13-7(12(16)17)5-21-11(13)6-1-2-6/h3-4,6-7,11H,1-2,5H2,(H,16,17). The Morgan fingerprint density at radius 3 is 2.67 bits per heavy atom. The summed E-state index contributed by atoms with van der Waals surface area (Å²) >= 11 is 1.44. The van der Waals surface area contributed by atoms with E-state index in [1.54, 1.807) is 0 Å². The highest BCUT2D eigenvalue weighted by Gasteiger charge is 2.48. The first-order valence-corrected chi connectivity index (χ1v) is 7.45. The maximum absolute atomic E-state index is 12.5. The van der Waals surface area contributed by atoms with Crippen LogP contribution in [0.3, 0.4) is 0 Å². The van der Waals surface area contributed by atoms with Crippen LogP contribution in [0, 0.1) is 16.0 Å². The molecule has 1 N–H and O–H groups in total. The average Bonchev–Trinajstić information content (AvgIpc) is 3.01.